The number of methoxy groups -OCH3 is 1. The first kappa shape index (κ1) is 19.8. The van der Waals surface area contributed by atoms with E-state index >= 15 is 0 Å². The second-order valence-electron chi connectivity index (χ2n) is 5.23. The van der Waals surface area contributed by atoms with Gasteiger partial charge < -0.3 is 10.1 Å². The summed E-state index contributed by atoms with van der Waals surface area (Å²) < 4.78 is 45.0. The topological polar surface area (TPSA) is 75.7 Å². The van der Waals surface area contributed by atoms with Gasteiger partial charge in [-0.15, -0.1) is 12.4 Å². The fourth-order valence-corrected chi connectivity index (χ4v) is 4.35. The lowest BCUT2D eigenvalue weighted by Gasteiger charge is -2.37. The van der Waals surface area contributed by atoms with Crippen LogP contribution in [0.3, 0.4) is 0 Å². The molecule has 0 spiro atoms. The molecule has 1 fully saturated rings. The highest BCUT2D eigenvalue weighted by Gasteiger charge is 2.36. The summed E-state index contributed by atoms with van der Waals surface area (Å²) in [5.74, 6) is -1.57. The molecule has 0 saturated carbocycles. The van der Waals surface area contributed by atoms with Crippen molar-refractivity contribution in [1.29, 1.82) is 0 Å². The number of nitrogens with zero attached hydrogens (tertiary/aromatic N) is 1. The van der Waals surface area contributed by atoms with E-state index in [1.54, 1.807) is 6.92 Å². The molecule has 2 rings (SSSR count). The Balaban J connectivity index is 0.00000264. The highest BCUT2D eigenvalue weighted by Crippen LogP contribution is 2.25. The molecule has 1 N–H and O–H groups in total. The predicted octanol–water partition coefficient (Wildman–Crippen LogP) is 1.41. The molecule has 0 radical (unpaired) electrons. The highest BCUT2D eigenvalue weighted by molar-refractivity contribution is 7.89. The van der Waals surface area contributed by atoms with Gasteiger partial charge in [-0.1, -0.05) is 0 Å². The van der Waals surface area contributed by atoms with Crippen LogP contribution in [-0.2, 0) is 14.8 Å². The van der Waals surface area contributed by atoms with Crippen molar-refractivity contribution >= 4 is 28.4 Å². The molecule has 2 atom stereocenters. The third-order valence-corrected chi connectivity index (χ3v) is 5.95. The van der Waals surface area contributed by atoms with E-state index in [4.69, 9.17) is 0 Å². The van der Waals surface area contributed by atoms with Gasteiger partial charge in [-0.05, 0) is 32.0 Å². The minimum Gasteiger partial charge on any atom is -0.465 e. The molecule has 1 aromatic carbocycles. The van der Waals surface area contributed by atoms with Crippen molar-refractivity contribution in [1.82, 2.24) is 9.62 Å². The Labute approximate surface area is 141 Å². The monoisotopic (exact) mass is 366 g/mol. The number of benzene rings is 1. The lowest BCUT2D eigenvalue weighted by Crippen LogP contribution is -2.57. The van der Waals surface area contributed by atoms with E-state index < -0.39 is 21.8 Å². The Morgan fingerprint density at radius 1 is 1.39 bits per heavy atom. The average molecular weight is 367 g/mol. The van der Waals surface area contributed by atoms with Crippen molar-refractivity contribution in [3.05, 3.63) is 29.6 Å². The second-order valence-corrected chi connectivity index (χ2v) is 7.09. The molecular formula is C14H20ClFN2O4S. The summed E-state index contributed by atoms with van der Waals surface area (Å²) >= 11 is 0. The first-order chi connectivity index (χ1) is 10.3. The van der Waals surface area contributed by atoms with Crippen molar-refractivity contribution in [3.8, 4) is 0 Å². The first-order valence-electron chi connectivity index (χ1n) is 6.92. The number of rotatable bonds is 3. The van der Waals surface area contributed by atoms with E-state index in [1.807, 2.05) is 6.92 Å². The lowest BCUT2D eigenvalue weighted by molar-refractivity contribution is 0.0595. The summed E-state index contributed by atoms with van der Waals surface area (Å²) in [7, 11) is -2.80. The number of carbonyl (C=O) groups is 1. The number of halogens is 2. The van der Waals surface area contributed by atoms with Crippen molar-refractivity contribution in [3.63, 3.8) is 0 Å². The van der Waals surface area contributed by atoms with Gasteiger partial charge in [0, 0.05) is 25.2 Å². The molecule has 1 aliphatic heterocycles. The van der Waals surface area contributed by atoms with Crippen LogP contribution < -0.4 is 5.32 Å². The number of piperazine rings is 1. The smallest absolute Gasteiger partial charge is 0.339 e. The summed E-state index contributed by atoms with van der Waals surface area (Å²) in [5, 5.41) is 3.19. The fraction of sp³-hybridized carbons (Fsp3) is 0.500. The van der Waals surface area contributed by atoms with E-state index in [9.17, 15) is 17.6 Å². The molecule has 1 aromatic rings. The van der Waals surface area contributed by atoms with Crippen LogP contribution >= 0.6 is 12.4 Å². The molecule has 0 bridgehead atoms. The van der Waals surface area contributed by atoms with Crippen LogP contribution in [0.15, 0.2) is 23.1 Å². The van der Waals surface area contributed by atoms with Crippen LogP contribution in [-0.4, -0.2) is 51.0 Å². The van der Waals surface area contributed by atoms with Crippen molar-refractivity contribution in [2.24, 2.45) is 0 Å². The van der Waals surface area contributed by atoms with Crippen molar-refractivity contribution < 1.29 is 22.3 Å². The maximum Gasteiger partial charge on any atom is 0.339 e. The average Bonchev–Trinajstić information content (AvgIpc) is 2.48. The number of nitrogens with one attached hydrogen (secondary N) is 1. The number of hydrogen-bond acceptors (Lipinski definition) is 5. The highest BCUT2D eigenvalue weighted by atomic mass is 35.5. The molecule has 6 nitrogen and oxygen atoms in total. The Morgan fingerprint density at radius 2 is 2.04 bits per heavy atom. The second kappa shape index (κ2) is 7.57. The van der Waals surface area contributed by atoms with E-state index in [0.717, 1.165) is 25.3 Å². The van der Waals surface area contributed by atoms with Gasteiger partial charge in [0.1, 0.15) is 5.82 Å². The van der Waals surface area contributed by atoms with Gasteiger partial charge in [0.25, 0.3) is 0 Å². The van der Waals surface area contributed by atoms with Gasteiger partial charge >= 0.3 is 5.97 Å². The van der Waals surface area contributed by atoms with Gasteiger partial charge in [-0.2, -0.15) is 4.31 Å². The van der Waals surface area contributed by atoms with Gasteiger partial charge in [-0.25, -0.2) is 17.6 Å². The molecule has 0 aromatic heterocycles. The molecule has 1 heterocycles. The fourth-order valence-electron chi connectivity index (χ4n) is 2.49. The number of sulfonamides is 1. The van der Waals surface area contributed by atoms with E-state index in [-0.39, 0.29) is 41.5 Å². The summed E-state index contributed by atoms with van der Waals surface area (Å²) in [5.41, 5.74) is -0.291. The Hall–Kier alpha value is -1.22. The van der Waals surface area contributed by atoms with Gasteiger partial charge in [0.15, 0.2) is 0 Å². The molecule has 130 valence electrons. The molecule has 0 amide bonds. The minimum atomic E-state index is -3.92. The predicted molar refractivity (Wildman–Crippen MR) is 85.8 cm³/mol. The SMILES string of the molecule is COC(=O)c1cc(F)ccc1S(=O)(=O)N1CCNC(C)C1C.Cl. The zero-order valence-corrected chi connectivity index (χ0v) is 14.7. The van der Waals surface area contributed by atoms with E-state index in [2.05, 4.69) is 10.1 Å². The Bertz CT molecular complexity index is 683. The molecule has 2 unspecified atom stereocenters. The normalized spacial score (nSPS) is 22.3. The summed E-state index contributed by atoms with van der Waals surface area (Å²) in [6, 6.07) is 2.71. The molecule has 1 saturated heterocycles. The number of carbonyl (C=O) groups excluding carboxylic acids is 1. The van der Waals surface area contributed by atoms with Crippen LogP contribution in [0.2, 0.25) is 0 Å². The molecule has 1 aliphatic rings. The van der Waals surface area contributed by atoms with Crippen molar-refractivity contribution in [2.75, 3.05) is 20.2 Å². The van der Waals surface area contributed by atoms with Crippen molar-refractivity contribution in [2.45, 2.75) is 30.8 Å². The quantitative estimate of drug-likeness (QED) is 0.818. The molecular weight excluding hydrogens is 347 g/mol. The number of ether oxygens (including phenoxy) is 1. The third kappa shape index (κ3) is 3.82. The first-order valence-corrected chi connectivity index (χ1v) is 8.36. The van der Waals surface area contributed by atoms with Gasteiger partial charge in [0.05, 0.1) is 17.6 Å². The number of hydrogen-bond donors (Lipinski definition) is 1. The van der Waals surface area contributed by atoms with Crippen LogP contribution in [0.25, 0.3) is 0 Å². The largest absolute Gasteiger partial charge is 0.465 e. The standard InChI is InChI=1S/C14H19FN2O4S.ClH/c1-9-10(2)17(7-6-16-9)22(19,20)13-5-4-11(15)8-12(13)14(18)21-3;/h4-5,8-10,16H,6-7H2,1-3H3;1H. The maximum absolute atomic E-state index is 13.4. The van der Waals surface area contributed by atoms with E-state index in [1.165, 1.54) is 4.31 Å². The number of esters is 1. The molecule has 9 heteroatoms. The molecule has 23 heavy (non-hydrogen) atoms. The van der Waals surface area contributed by atoms with Gasteiger partial charge in [-0.3, -0.25) is 0 Å². The zero-order chi connectivity index (χ0) is 16.5. The summed E-state index contributed by atoms with van der Waals surface area (Å²) in [6.07, 6.45) is 0. The lowest BCUT2D eigenvalue weighted by atomic mass is 10.1. The zero-order valence-electron chi connectivity index (χ0n) is 13.1. The maximum atomic E-state index is 13.4. The summed E-state index contributed by atoms with van der Waals surface area (Å²) in [4.78, 5) is 11.5. The third-order valence-electron chi connectivity index (χ3n) is 3.91. The van der Waals surface area contributed by atoms with Crippen LogP contribution in [0, 0.1) is 5.82 Å². The van der Waals surface area contributed by atoms with Crippen LogP contribution in [0.4, 0.5) is 4.39 Å². The van der Waals surface area contributed by atoms with Crippen LogP contribution in [0.5, 0.6) is 0 Å². The summed E-state index contributed by atoms with van der Waals surface area (Å²) in [6.45, 7) is 4.47. The molecule has 0 aliphatic carbocycles. The van der Waals surface area contributed by atoms with Gasteiger partial charge in [0.2, 0.25) is 10.0 Å². The Morgan fingerprint density at radius 3 is 2.65 bits per heavy atom. The van der Waals surface area contributed by atoms with E-state index in [0.29, 0.717) is 6.54 Å². The Kier molecular flexibility index (Phi) is 6.52. The minimum absolute atomic E-state index is 0. The van der Waals surface area contributed by atoms with Crippen LogP contribution in [0.1, 0.15) is 24.2 Å².